The molecule has 0 heterocycles. The topological polar surface area (TPSA) is 113 Å². The molecule has 6 atom stereocenters. The molecule has 2 aromatic rings. The summed E-state index contributed by atoms with van der Waals surface area (Å²) in [7, 11) is 0. The number of benzene rings is 2. The molecule has 0 radical (unpaired) electrons. The number of nitro benzene ring substituents is 2. The lowest BCUT2D eigenvalue weighted by atomic mass is 9.59. The van der Waals surface area contributed by atoms with E-state index in [9.17, 15) is 25.0 Å². The molecule has 226 valence electrons. The highest BCUT2D eigenvalue weighted by Gasteiger charge is 2.51. The molecule has 3 aliphatic rings. The molecule has 42 heavy (non-hydrogen) atoms. The van der Waals surface area contributed by atoms with Gasteiger partial charge in [-0.1, -0.05) is 59.6 Å². The van der Waals surface area contributed by atoms with Crippen LogP contribution in [0, 0.1) is 49.3 Å². The third kappa shape index (κ3) is 5.69. The van der Waals surface area contributed by atoms with Crippen molar-refractivity contribution < 1.29 is 19.4 Å². The van der Waals surface area contributed by atoms with E-state index in [4.69, 9.17) is 4.74 Å². The number of carbonyl (C=O) groups excluding carboxylic acids is 1. The highest BCUT2D eigenvalue weighted by atomic mass is 16.6. The van der Waals surface area contributed by atoms with Crippen LogP contribution in [-0.4, -0.2) is 21.9 Å². The molecule has 0 amide bonds. The molecule has 5 rings (SSSR count). The standard InChI is InChI=1S/C34H44N2O6/c1-20(2)21(3)6-7-22(4)31-12-13-32-30-10-8-23-18-27(9-11-28(23)29(30)14-15-34(31,32)5)42-33(37)24-16-25(35(38)39)19-26(17-24)36(40)41/h8,10,16-17,19-22,27,31-32H,6-7,9,11-15,18H2,1-5H3/t21-,22+,27-,31+,32+,34+/m0/s1. The number of hydrogen-bond acceptors (Lipinski definition) is 6. The van der Waals surface area contributed by atoms with Crippen molar-refractivity contribution >= 4 is 17.3 Å². The molecule has 0 bridgehead atoms. The van der Waals surface area contributed by atoms with Gasteiger partial charge in [0.15, 0.2) is 0 Å². The van der Waals surface area contributed by atoms with E-state index in [0.717, 1.165) is 54.7 Å². The maximum absolute atomic E-state index is 12.9. The van der Waals surface area contributed by atoms with E-state index in [0.29, 0.717) is 24.2 Å². The van der Waals surface area contributed by atoms with Crippen LogP contribution in [-0.2, 0) is 24.0 Å². The van der Waals surface area contributed by atoms with Crippen LogP contribution in [0.1, 0.15) is 112 Å². The first-order chi connectivity index (χ1) is 19.9. The summed E-state index contributed by atoms with van der Waals surface area (Å²) in [4.78, 5) is 33.9. The molecule has 8 heteroatoms. The zero-order valence-electron chi connectivity index (χ0n) is 25.6. The summed E-state index contributed by atoms with van der Waals surface area (Å²) in [6.45, 7) is 12.1. The molecule has 0 aliphatic heterocycles. The Hall–Kier alpha value is -3.29. The minimum atomic E-state index is -0.766. The summed E-state index contributed by atoms with van der Waals surface area (Å²) >= 11 is 0. The number of ether oxygens (including phenoxy) is 1. The lowest BCUT2D eigenvalue weighted by molar-refractivity contribution is -0.394. The molecule has 0 spiro atoms. The molecular formula is C34H44N2O6. The fourth-order valence-electron chi connectivity index (χ4n) is 8.30. The van der Waals surface area contributed by atoms with Crippen molar-refractivity contribution in [2.75, 3.05) is 0 Å². The number of carbonyl (C=O) groups is 1. The number of hydrogen-bond donors (Lipinski definition) is 0. The fourth-order valence-corrected chi connectivity index (χ4v) is 8.30. The first-order valence-electron chi connectivity index (χ1n) is 15.7. The summed E-state index contributed by atoms with van der Waals surface area (Å²) in [5.74, 6) is 2.84. The van der Waals surface area contributed by atoms with Crippen molar-refractivity contribution in [1.29, 1.82) is 0 Å². The summed E-state index contributed by atoms with van der Waals surface area (Å²) in [6, 6.07) is 7.49. The van der Waals surface area contributed by atoms with Crippen LogP contribution in [0.2, 0.25) is 0 Å². The monoisotopic (exact) mass is 576 g/mol. The number of esters is 1. The van der Waals surface area contributed by atoms with Crippen LogP contribution in [0.25, 0.3) is 0 Å². The third-order valence-corrected chi connectivity index (χ3v) is 11.2. The highest BCUT2D eigenvalue weighted by Crippen LogP contribution is 2.61. The van der Waals surface area contributed by atoms with Crippen LogP contribution in [0.15, 0.2) is 30.3 Å². The molecule has 3 aliphatic carbocycles. The smallest absolute Gasteiger partial charge is 0.338 e. The van der Waals surface area contributed by atoms with Crippen LogP contribution in [0.4, 0.5) is 11.4 Å². The molecule has 1 saturated carbocycles. The van der Waals surface area contributed by atoms with Crippen molar-refractivity contribution in [3.8, 4) is 0 Å². The summed E-state index contributed by atoms with van der Waals surface area (Å²) in [5.41, 5.74) is 4.83. The van der Waals surface area contributed by atoms with E-state index in [-0.39, 0.29) is 11.7 Å². The second-order valence-corrected chi connectivity index (χ2v) is 13.8. The number of nitro groups is 2. The van der Waals surface area contributed by atoms with E-state index < -0.39 is 27.2 Å². The van der Waals surface area contributed by atoms with Gasteiger partial charge in [-0.25, -0.2) is 4.79 Å². The van der Waals surface area contributed by atoms with Gasteiger partial charge in [-0.15, -0.1) is 0 Å². The number of rotatable bonds is 9. The van der Waals surface area contributed by atoms with E-state index in [1.54, 1.807) is 0 Å². The fraction of sp³-hybridized carbons (Fsp3) is 0.618. The van der Waals surface area contributed by atoms with E-state index >= 15 is 0 Å². The summed E-state index contributed by atoms with van der Waals surface area (Å²) in [5, 5.41) is 22.5. The molecule has 0 saturated heterocycles. The number of fused-ring (bicyclic) bond motifs is 5. The van der Waals surface area contributed by atoms with Gasteiger partial charge in [-0.3, -0.25) is 20.2 Å². The predicted octanol–water partition coefficient (Wildman–Crippen LogP) is 8.37. The van der Waals surface area contributed by atoms with Gasteiger partial charge >= 0.3 is 5.97 Å². The quantitative estimate of drug-likeness (QED) is 0.168. The summed E-state index contributed by atoms with van der Waals surface area (Å²) < 4.78 is 5.74. The van der Waals surface area contributed by atoms with Crippen LogP contribution in [0.3, 0.4) is 0 Å². The maximum Gasteiger partial charge on any atom is 0.338 e. The normalized spacial score (nSPS) is 26.1. The minimum absolute atomic E-state index is 0.171. The van der Waals surface area contributed by atoms with Gasteiger partial charge < -0.3 is 4.74 Å². The molecule has 0 N–H and O–H groups in total. The second-order valence-electron chi connectivity index (χ2n) is 13.8. The van der Waals surface area contributed by atoms with Crippen molar-refractivity contribution in [2.24, 2.45) is 29.1 Å². The average Bonchev–Trinajstić information content (AvgIpc) is 3.32. The first-order valence-corrected chi connectivity index (χ1v) is 15.7. The van der Waals surface area contributed by atoms with Crippen molar-refractivity contribution in [3.05, 3.63) is 78.4 Å². The van der Waals surface area contributed by atoms with Crippen LogP contribution < -0.4 is 0 Å². The predicted molar refractivity (Wildman–Crippen MR) is 162 cm³/mol. The Kier molecular flexibility index (Phi) is 8.46. The van der Waals surface area contributed by atoms with Gasteiger partial charge in [0.2, 0.25) is 0 Å². The van der Waals surface area contributed by atoms with E-state index in [2.05, 4.69) is 46.8 Å². The number of nitrogens with zero attached hydrogens (tertiary/aromatic N) is 2. The second kappa shape index (κ2) is 11.8. The zero-order valence-corrected chi connectivity index (χ0v) is 25.6. The average molecular weight is 577 g/mol. The molecule has 0 aromatic heterocycles. The van der Waals surface area contributed by atoms with Crippen molar-refractivity contribution in [1.82, 2.24) is 0 Å². The van der Waals surface area contributed by atoms with Crippen molar-refractivity contribution in [3.63, 3.8) is 0 Å². The van der Waals surface area contributed by atoms with Crippen LogP contribution >= 0.6 is 0 Å². The Labute approximate surface area is 248 Å². The van der Waals surface area contributed by atoms with Gasteiger partial charge in [-0.2, -0.15) is 0 Å². The lowest BCUT2D eigenvalue weighted by Crippen LogP contribution is -2.36. The Morgan fingerprint density at radius 3 is 2.29 bits per heavy atom. The third-order valence-electron chi connectivity index (χ3n) is 11.2. The Bertz CT molecular complexity index is 1350. The molecule has 0 unspecified atom stereocenters. The largest absolute Gasteiger partial charge is 0.458 e. The van der Waals surface area contributed by atoms with Gasteiger partial charge in [0.1, 0.15) is 6.10 Å². The molecule has 2 aromatic carbocycles. The first kappa shape index (κ1) is 30.2. The van der Waals surface area contributed by atoms with Gasteiger partial charge in [0, 0.05) is 18.6 Å². The van der Waals surface area contributed by atoms with Gasteiger partial charge in [0.25, 0.3) is 11.4 Å². The van der Waals surface area contributed by atoms with Crippen LogP contribution in [0.5, 0.6) is 0 Å². The van der Waals surface area contributed by atoms with E-state index in [1.165, 1.54) is 54.4 Å². The minimum Gasteiger partial charge on any atom is -0.458 e. The maximum atomic E-state index is 12.9. The SMILES string of the molecule is CC(C)[C@@H](C)CC[C@@H](C)[C@H]1CC[C@@H]2c3ccc4c(c3CC[C@@]21C)CC[C@H](OC(=O)c1cc([N+](=O)[O-])cc([N+](=O)[O-])c1)C4. The Morgan fingerprint density at radius 1 is 0.952 bits per heavy atom. The van der Waals surface area contributed by atoms with Crippen molar-refractivity contribution in [2.45, 2.75) is 104 Å². The van der Waals surface area contributed by atoms with E-state index in [1.807, 2.05) is 0 Å². The van der Waals surface area contributed by atoms with Gasteiger partial charge in [0.05, 0.1) is 21.5 Å². The zero-order chi connectivity index (χ0) is 30.3. The van der Waals surface area contributed by atoms with Gasteiger partial charge in [-0.05, 0) is 95.8 Å². The summed E-state index contributed by atoms with van der Waals surface area (Å²) in [6.07, 6.45) is 9.20. The number of non-ortho nitro benzene ring substituents is 2. The Balaban J connectivity index is 1.29. The molecule has 1 fully saturated rings. The molecular weight excluding hydrogens is 532 g/mol. The molecule has 8 nitrogen and oxygen atoms in total. The lowest BCUT2D eigenvalue weighted by Gasteiger charge is -2.45. The highest BCUT2D eigenvalue weighted by molar-refractivity contribution is 5.91. The Morgan fingerprint density at radius 2 is 1.64 bits per heavy atom.